The fourth-order valence-electron chi connectivity index (χ4n) is 2.50. The molecule has 0 radical (unpaired) electrons. The third-order valence-electron chi connectivity index (χ3n) is 3.92. The van der Waals surface area contributed by atoms with Crippen LogP contribution in [0, 0.1) is 5.92 Å². The Labute approximate surface area is 118 Å². The lowest BCUT2D eigenvalue weighted by Crippen LogP contribution is -2.26. The maximum Gasteiger partial charge on any atom is 0.0236 e. The normalized spacial score (nSPS) is 15.1. The van der Waals surface area contributed by atoms with E-state index in [1.54, 1.807) is 0 Å². The quantitative estimate of drug-likeness (QED) is 0.684. The molecule has 0 bridgehead atoms. The van der Waals surface area contributed by atoms with E-state index in [1.807, 2.05) is 0 Å². The van der Waals surface area contributed by atoms with Crippen LogP contribution in [0.4, 0.5) is 0 Å². The molecular formula is C17H28N2. The first kappa shape index (κ1) is 14.5. The van der Waals surface area contributed by atoms with Gasteiger partial charge in [0.15, 0.2) is 0 Å². The molecule has 106 valence electrons. The lowest BCUT2D eigenvalue weighted by molar-refractivity contribution is 0.267. The van der Waals surface area contributed by atoms with Gasteiger partial charge in [-0.15, -0.1) is 0 Å². The molecular weight excluding hydrogens is 232 g/mol. The van der Waals surface area contributed by atoms with E-state index >= 15 is 0 Å². The van der Waals surface area contributed by atoms with Crippen LogP contribution in [0.15, 0.2) is 24.3 Å². The van der Waals surface area contributed by atoms with E-state index in [4.69, 9.17) is 0 Å². The summed E-state index contributed by atoms with van der Waals surface area (Å²) < 4.78 is 0. The molecule has 0 amide bonds. The van der Waals surface area contributed by atoms with Crippen LogP contribution in [0.25, 0.3) is 0 Å². The number of hydrogen-bond acceptors (Lipinski definition) is 2. The Kier molecular flexibility index (Phi) is 5.87. The predicted octanol–water partition coefficient (Wildman–Crippen LogP) is 3.42. The number of nitrogens with one attached hydrogen (secondary N) is 1. The van der Waals surface area contributed by atoms with Gasteiger partial charge in [0.1, 0.15) is 0 Å². The van der Waals surface area contributed by atoms with Crippen LogP contribution < -0.4 is 5.32 Å². The van der Waals surface area contributed by atoms with E-state index in [0.717, 1.165) is 32.1 Å². The average Bonchev–Trinajstić information content (AvgIpc) is 3.24. The number of nitrogens with zero attached hydrogens (tertiary/aromatic N) is 1. The van der Waals surface area contributed by atoms with Crippen LogP contribution >= 0.6 is 0 Å². The van der Waals surface area contributed by atoms with Crippen molar-refractivity contribution in [1.29, 1.82) is 0 Å². The number of rotatable bonds is 9. The minimum absolute atomic E-state index is 0.977. The molecule has 2 heteroatoms. The summed E-state index contributed by atoms with van der Waals surface area (Å²) in [5.41, 5.74) is 2.96. The van der Waals surface area contributed by atoms with Gasteiger partial charge in [0.05, 0.1) is 0 Å². The Morgan fingerprint density at radius 2 is 1.89 bits per heavy atom. The molecule has 1 N–H and O–H groups in total. The molecule has 1 aromatic carbocycles. The van der Waals surface area contributed by atoms with Crippen LogP contribution in [-0.2, 0) is 13.1 Å². The molecule has 0 heterocycles. The molecule has 2 rings (SSSR count). The molecule has 19 heavy (non-hydrogen) atoms. The predicted molar refractivity (Wildman–Crippen MR) is 82.1 cm³/mol. The molecule has 0 aromatic heterocycles. The number of hydrogen-bond donors (Lipinski definition) is 1. The monoisotopic (exact) mass is 260 g/mol. The molecule has 2 nitrogen and oxygen atoms in total. The Hall–Kier alpha value is -0.860. The highest BCUT2D eigenvalue weighted by Crippen LogP contribution is 2.30. The summed E-state index contributed by atoms with van der Waals surface area (Å²) in [6.45, 7) is 10.2. The molecule has 0 atom stereocenters. The maximum atomic E-state index is 3.52. The topological polar surface area (TPSA) is 15.3 Å². The van der Waals surface area contributed by atoms with Crippen molar-refractivity contribution in [3.8, 4) is 0 Å². The van der Waals surface area contributed by atoms with E-state index in [0.29, 0.717) is 0 Å². The van der Waals surface area contributed by atoms with Crippen LogP contribution in [0.2, 0.25) is 0 Å². The summed E-state index contributed by atoms with van der Waals surface area (Å²) in [7, 11) is 0. The Balaban J connectivity index is 1.92. The minimum Gasteiger partial charge on any atom is -0.313 e. The third-order valence-corrected chi connectivity index (χ3v) is 3.92. The van der Waals surface area contributed by atoms with Crippen LogP contribution in [0.5, 0.6) is 0 Å². The Morgan fingerprint density at radius 1 is 1.16 bits per heavy atom. The van der Waals surface area contributed by atoms with Crippen molar-refractivity contribution in [1.82, 2.24) is 10.2 Å². The highest BCUT2D eigenvalue weighted by atomic mass is 15.1. The minimum atomic E-state index is 0.977. The lowest BCUT2D eigenvalue weighted by atomic mass is 10.1. The third kappa shape index (κ3) is 4.96. The van der Waals surface area contributed by atoms with Crippen LogP contribution in [0.3, 0.4) is 0 Å². The fraction of sp³-hybridized carbons (Fsp3) is 0.647. The van der Waals surface area contributed by atoms with E-state index in [9.17, 15) is 0 Å². The molecule has 1 aliphatic carbocycles. The smallest absolute Gasteiger partial charge is 0.0236 e. The molecule has 1 fully saturated rings. The molecule has 0 unspecified atom stereocenters. The first-order chi connectivity index (χ1) is 9.33. The Bertz CT molecular complexity index is 371. The first-order valence-electron chi connectivity index (χ1n) is 7.83. The summed E-state index contributed by atoms with van der Waals surface area (Å²) in [4.78, 5) is 2.59. The molecule has 0 aliphatic heterocycles. The van der Waals surface area contributed by atoms with Crippen molar-refractivity contribution < 1.29 is 0 Å². The average molecular weight is 260 g/mol. The summed E-state index contributed by atoms with van der Waals surface area (Å²) in [6.07, 6.45) is 4.08. The lowest BCUT2D eigenvalue weighted by Gasteiger charge is -2.22. The van der Waals surface area contributed by atoms with Gasteiger partial charge in [-0.1, -0.05) is 38.1 Å². The van der Waals surface area contributed by atoms with Gasteiger partial charge in [-0.3, -0.25) is 4.90 Å². The van der Waals surface area contributed by atoms with Crippen molar-refractivity contribution in [2.45, 2.75) is 46.2 Å². The molecule has 1 saturated carbocycles. The van der Waals surface area contributed by atoms with Gasteiger partial charge >= 0.3 is 0 Å². The maximum absolute atomic E-state index is 3.52. The standard InChI is InChI=1S/C17H28N2/c1-3-11-18-12-16-7-5-6-8-17(16)14-19(4-2)13-15-9-10-15/h5-8,15,18H,3-4,9-14H2,1-2H3. The first-order valence-corrected chi connectivity index (χ1v) is 7.83. The van der Waals surface area contributed by atoms with Gasteiger partial charge < -0.3 is 5.32 Å². The van der Waals surface area contributed by atoms with Crippen molar-refractivity contribution in [2.24, 2.45) is 5.92 Å². The van der Waals surface area contributed by atoms with Crippen molar-refractivity contribution in [3.05, 3.63) is 35.4 Å². The molecule has 1 aliphatic rings. The SMILES string of the molecule is CCCNCc1ccccc1CN(CC)CC1CC1. The van der Waals surface area contributed by atoms with Crippen LogP contribution in [-0.4, -0.2) is 24.5 Å². The van der Waals surface area contributed by atoms with E-state index in [2.05, 4.69) is 48.3 Å². The summed E-state index contributed by atoms with van der Waals surface area (Å²) in [5.74, 6) is 0.977. The fourth-order valence-corrected chi connectivity index (χ4v) is 2.50. The van der Waals surface area contributed by atoms with Gasteiger partial charge in [-0.05, 0) is 49.4 Å². The van der Waals surface area contributed by atoms with E-state index < -0.39 is 0 Å². The summed E-state index contributed by atoms with van der Waals surface area (Å²) in [5, 5.41) is 3.52. The van der Waals surface area contributed by atoms with Crippen molar-refractivity contribution in [3.63, 3.8) is 0 Å². The zero-order valence-corrected chi connectivity index (χ0v) is 12.5. The second-order valence-electron chi connectivity index (χ2n) is 5.72. The second-order valence-corrected chi connectivity index (χ2v) is 5.72. The van der Waals surface area contributed by atoms with Crippen LogP contribution in [0.1, 0.15) is 44.2 Å². The summed E-state index contributed by atoms with van der Waals surface area (Å²) >= 11 is 0. The van der Waals surface area contributed by atoms with Gasteiger partial charge in [0.25, 0.3) is 0 Å². The highest BCUT2D eigenvalue weighted by Gasteiger charge is 2.23. The number of benzene rings is 1. The second kappa shape index (κ2) is 7.66. The van der Waals surface area contributed by atoms with E-state index in [-0.39, 0.29) is 0 Å². The van der Waals surface area contributed by atoms with Gasteiger partial charge in [0.2, 0.25) is 0 Å². The van der Waals surface area contributed by atoms with Crippen molar-refractivity contribution in [2.75, 3.05) is 19.6 Å². The highest BCUT2D eigenvalue weighted by molar-refractivity contribution is 5.27. The molecule has 1 aromatic rings. The molecule has 0 saturated heterocycles. The van der Waals surface area contributed by atoms with Crippen molar-refractivity contribution >= 4 is 0 Å². The van der Waals surface area contributed by atoms with E-state index in [1.165, 1.54) is 36.9 Å². The van der Waals surface area contributed by atoms with Gasteiger partial charge in [-0.25, -0.2) is 0 Å². The largest absolute Gasteiger partial charge is 0.313 e. The zero-order chi connectivity index (χ0) is 13.5. The zero-order valence-electron chi connectivity index (χ0n) is 12.5. The molecule has 0 spiro atoms. The Morgan fingerprint density at radius 3 is 2.53 bits per heavy atom. The summed E-state index contributed by atoms with van der Waals surface area (Å²) in [6, 6.07) is 8.88. The van der Waals surface area contributed by atoms with Gasteiger partial charge in [0, 0.05) is 19.6 Å². The van der Waals surface area contributed by atoms with Gasteiger partial charge in [-0.2, -0.15) is 0 Å².